The van der Waals surface area contributed by atoms with Gasteiger partial charge in [0.25, 0.3) is 0 Å². The van der Waals surface area contributed by atoms with Crippen LogP contribution in [0.5, 0.6) is 0 Å². The summed E-state index contributed by atoms with van der Waals surface area (Å²) in [6, 6.07) is 10.2. The summed E-state index contributed by atoms with van der Waals surface area (Å²) in [5.41, 5.74) is 1.56. The van der Waals surface area contributed by atoms with Crippen LogP contribution in [0.15, 0.2) is 47.2 Å². The van der Waals surface area contributed by atoms with Crippen LogP contribution in [-0.2, 0) is 16.8 Å². The summed E-state index contributed by atoms with van der Waals surface area (Å²) < 4.78 is 5.53. The molecular formula is C28H35N5O3. The Labute approximate surface area is 212 Å². The smallest absolute Gasteiger partial charge is 0.229 e. The van der Waals surface area contributed by atoms with Crippen LogP contribution < -0.4 is 5.32 Å². The summed E-state index contributed by atoms with van der Waals surface area (Å²) in [5, 5.41) is 19.6. The van der Waals surface area contributed by atoms with Crippen LogP contribution in [0.4, 0.5) is 0 Å². The maximum atomic E-state index is 12.4. The third-order valence-corrected chi connectivity index (χ3v) is 7.77. The first kappa shape index (κ1) is 24.6. The molecule has 5 rings (SSSR count). The van der Waals surface area contributed by atoms with E-state index in [-0.39, 0.29) is 16.9 Å². The van der Waals surface area contributed by atoms with Crippen molar-refractivity contribution < 1.29 is 14.4 Å². The highest BCUT2D eigenvalue weighted by Gasteiger charge is 2.55. The molecule has 1 amide bonds. The molecule has 8 nitrogen and oxygen atoms in total. The zero-order valence-corrected chi connectivity index (χ0v) is 21.7. The van der Waals surface area contributed by atoms with Crippen LogP contribution in [0, 0.1) is 5.41 Å². The first-order valence-corrected chi connectivity index (χ1v) is 12.6. The number of nitrogens with one attached hydrogen (secondary N) is 1. The molecule has 2 aliphatic rings. The van der Waals surface area contributed by atoms with Crippen LogP contribution >= 0.6 is 0 Å². The third-order valence-electron chi connectivity index (χ3n) is 7.77. The fraction of sp³-hybridized carbons (Fsp3) is 0.500. The van der Waals surface area contributed by atoms with Gasteiger partial charge in [0.15, 0.2) is 0 Å². The van der Waals surface area contributed by atoms with Gasteiger partial charge < -0.3 is 19.8 Å². The minimum atomic E-state index is -1.24. The lowest BCUT2D eigenvalue weighted by Gasteiger charge is -2.55. The van der Waals surface area contributed by atoms with E-state index in [4.69, 9.17) is 4.52 Å². The number of likely N-dealkylation sites (tertiary alicyclic amines) is 1. The highest BCUT2D eigenvalue weighted by Crippen LogP contribution is 2.50. The van der Waals surface area contributed by atoms with Crippen molar-refractivity contribution in [1.29, 1.82) is 0 Å². The lowest BCUT2D eigenvalue weighted by Crippen LogP contribution is -2.63. The molecule has 3 heterocycles. The number of hydrogen-bond donors (Lipinski definition) is 2. The molecule has 0 spiro atoms. The number of benzene rings is 1. The van der Waals surface area contributed by atoms with E-state index in [0.29, 0.717) is 35.2 Å². The first-order chi connectivity index (χ1) is 17.0. The van der Waals surface area contributed by atoms with Crippen molar-refractivity contribution in [3.63, 3.8) is 0 Å². The molecule has 0 radical (unpaired) electrons. The van der Waals surface area contributed by atoms with E-state index in [2.05, 4.69) is 65.3 Å². The van der Waals surface area contributed by atoms with Gasteiger partial charge in [-0.25, -0.2) is 0 Å². The maximum absolute atomic E-state index is 12.4. The number of rotatable bonds is 8. The van der Waals surface area contributed by atoms with Gasteiger partial charge in [-0.15, -0.1) is 0 Å². The van der Waals surface area contributed by atoms with Crippen molar-refractivity contribution in [2.24, 2.45) is 5.41 Å². The highest BCUT2D eigenvalue weighted by atomic mass is 16.5. The zero-order valence-electron chi connectivity index (χ0n) is 21.7. The van der Waals surface area contributed by atoms with Gasteiger partial charge >= 0.3 is 0 Å². The van der Waals surface area contributed by atoms with E-state index in [1.165, 1.54) is 12.5 Å². The summed E-state index contributed by atoms with van der Waals surface area (Å²) in [6.45, 7) is 9.50. The molecule has 190 valence electrons. The lowest BCUT2D eigenvalue weighted by atomic mass is 9.62. The number of aliphatic hydroxyl groups is 1. The van der Waals surface area contributed by atoms with Crippen LogP contribution in [-0.4, -0.2) is 56.7 Å². The van der Waals surface area contributed by atoms with Crippen molar-refractivity contribution in [2.45, 2.75) is 64.0 Å². The number of amides is 1. The fourth-order valence-electron chi connectivity index (χ4n) is 5.71. The Balaban J connectivity index is 1.48. The second-order valence-electron chi connectivity index (χ2n) is 11.3. The van der Waals surface area contributed by atoms with Crippen LogP contribution in [0.3, 0.4) is 0 Å². The van der Waals surface area contributed by atoms with Gasteiger partial charge in [-0.1, -0.05) is 50.2 Å². The molecule has 1 aliphatic carbocycles. The number of carbonyl (C=O) groups is 1. The van der Waals surface area contributed by atoms with Crippen molar-refractivity contribution in [3.8, 4) is 11.4 Å². The SMILES string of the molecule is CC(=O)NC1(Cc2nc(-c3cncc(C(O)(c4ccc(C(C)C)cc4)C4(C)CN(C)C4)c3)no2)CC1. The van der Waals surface area contributed by atoms with Gasteiger partial charge in [-0.3, -0.25) is 9.78 Å². The van der Waals surface area contributed by atoms with Crippen LogP contribution in [0.1, 0.15) is 69.0 Å². The van der Waals surface area contributed by atoms with Gasteiger partial charge in [0.1, 0.15) is 5.60 Å². The topological polar surface area (TPSA) is 104 Å². The van der Waals surface area contributed by atoms with E-state index >= 15 is 0 Å². The predicted molar refractivity (Wildman–Crippen MR) is 136 cm³/mol. The number of pyridine rings is 1. The molecular weight excluding hydrogens is 454 g/mol. The molecule has 36 heavy (non-hydrogen) atoms. The van der Waals surface area contributed by atoms with Crippen molar-refractivity contribution >= 4 is 5.91 Å². The molecule has 0 bridgehead atoms. The molecule has 3 aromatic rings. The van der Waals surface area contributed by atoms with E-state index in [0.717, 1.165) is 31.5 Å². The van der Waals surface area contributed by atoms with Gasteiger partial charge in [-0.05, 0) is 43.0 Å². The fourth-order valence-corrected chi connectivity index (χ4v) is 5.71. The summed E-state index contributed by atoms with van der Waals surface area (Å²) in [5.74, 6) is 1.26. The number of hydrogen-bond acceptors (Lipinski definition) is 7. The zero-order chi connectivity index (χ0) is 25.7. The largest absolute Gasteiger partial charge is 0.380 e. The van der Waals surface area contributed by atoms with E-state index in [9.17, 15) is 9.90 Å². The van der Waals surface area contributed by atoms with Crippen molar-refractivity contribution in [3.05, 3.63) is 65.3 Å². The molecule has 1 aliphatic heterocycles. The number of carbonyl (C=O) groups excluding carboxylic acids is 1. The molecule has 2 aromatic heterocycles. The van der Waals surface area contributed by atoms with Crippen molar-refractivity contribution in [1.82, 2.24) is 25.3 Å². The Hall–Kier alpha value is -3.10. The Bertz CT molecular complexity index is 1260. The minimum absolute atomic E-state index is 0.0556. The first-order valence-electron chi connectivity index (χ1n) is 12.6. The standard InChI is InChI=1S/C28H35N5O3/c1-18(2)20-6-8-22(9-7-20)28(35,26(4)16-33(5)17-26)23-12-21(14-29-15-23)25-30-24(36-32-25)13-27(10-11-27)31-19(3)34/h6-9,12,14-15,18,35H,10-11,13,16-17H2,1-5H3,(H,31,34). The quantitative estimate of drug-likeness (QED) is 0.498. The Morgan fingerprint density at radius 2 is 1.89 bits per heavy atom. The summed E-state index contributed by atoms with van der Waals surface area (Å²) >= 11 is 0. The normalized spacial score (nSPS) is 20.0. The average molecular weight is 490 g/mol. The second kappa shape index (κ2) is 8.78. The Morgan fingerprint density at radius 1 is 1.19 bits per heavy atom. The van der Waals surface area contributed by atoms with Crippen LogP contribution in [0.2, 0.25) is 0 Å². The van der Waals surface area contributed by atoms with Gasteiger partial charge in [-0.2, -0.15) is 4.98 Å². The molecule has 1 saturated carbocycles. The minimum Gasteiger partial charge on any atom is -0.380 e. The van der Waals surface area contributed by atoms with E-state index in [1.807, 2.05) is 18.2 Å². The Kier molecular flexibility index (Phi) is 6.00. The molecule has 8 heteroatoms. The van der Waals surface area contributed by atoms with Crippen LogP contribution in [0.25, 0.3) is 11.4 Å². The number of aromatic nitrogens is 3. The van der Waals surface area contributed by atoms with E-state index < -0.39 is 5.60 Å². The lowest BCUT2D eigenvalue weighted by molar-refractivity contribution is -0.127. The third kappa shape index (κ3) is 4.33. The van der Waals surface area contributed by atoms with E-state index in [1.54, 1.807) is 12.4 Å². The van der Waals surface area contributed by atoms with Gasteiger partial charge in [0, 0.05) is 54.5 Å². The molecule has 1 atom stereocenters. The number of nitrogens with zero attached hydrogens (tertiary/aromatic N) is 4. The predicted octanol–water partition coefficient (Wildman–Crippen LogP) is 3.65. The van der Waals surface area contributed by atoms with Crippen molar-refractivity contribution in [2.75, 3.05) is 20.1 Å². The Morgan fingerprint density at radius 3 is 2.47 bits per heavy atom. The molecule has 1 aromatic carbocycles. The van der Waals surface area contributed by atoms with Gasteiger partial charge in [0.05, 0.1) is 6.42 Å². The second-order valence-corrected chi connectivity index (χ2v) is 11.3. The molecule has 2 fully saturated rings. The summed E-state index contributed by atoms with van der Waals surface area (Å²) in [4.78, 5) is 22.8. The average Bonchev–Trinajstić information content (AvgIpc) is 3.40. The molecule has 1 saturated heterocycles. The monoisotopic (exact) mass is 489 g/mol. The highest BCUT2D eigenvalue weighted by molar-refractivity contribution is 5.74. The summed E-state index contributed by atoms with van der Waals surface area (Å²) in [7, 11) is 2.06. The molecule has 1 unspecified atom stereocenters. The van der Waals surface area contributed by atoms with Gasteiger partial charge in [0.2, 0.25) is 17.6 Å². The maximum Gasteiger partial charge on any atom is 0.229 e. The molecule has 2 N–H and O–H groups in total. The summed E-state index contributed by atoms with van der Waals surface area (Å²) in [6.07, 6.45) is 5.73.